The van der Waals surface area contributed by atoms with Crippen LogP contribution in [0, 0.1) is 11.8 Å². The number of benzene rings is 1. The highest BCUT2D eigenvalue weighted by Crippen LogP contribution is 2.34. The maximum Gasteiger partial charge on any atom is 0.337 e. The first-order valence-corrected chi connectivity index (χ1v) is 9.90. The molecule has 1 aliphatic carbocycles. The smallest absolute Gasteiger partial charge is 0.337 e. The van der Waals surface area contributed by atoms with E-state index < -0.39 is 0 Å². The van der Waals surface area contributed by atoms with Gasteiger partial charge in [-0.25, -0.2) is 4.79 Å². The largest absolute Gasteiger partial charge is 0.465 e. The zero-order valence-corrected chi connectivity index (χ0v) is 15.6. The standard InChI is InChI=1S/C22H34O2/c1-3-4-5-6-7-18-8-10-19(11-9-18)12-13-20-14-16-21(17-15-20)22(23)24-2/h14-19H,3-13H2,1-2H3/t18-,19-. The van der Waals surface area contributed by atoms with E-state index in [-0.39, 0.29) is 5.97 Å². The fraction of sp³-hybridized carbons (Fsp3) is 0.682. The second-order valence-electron chi connectivity index (χ2n) is 7.46. The first-order chi connectivity index (χ1) is 11.7. The Morgan fingerprint density at radius 3 is 2.17 bits per heavy atom. The summed E-state index contributed by atoms with van der Waals surface area (Å²) < 4.78 is 4.74. The Morgan fingerprint density at radius 1 is 0.958 bits per heavy atom. The molecule has 1 aliphatic rings. The van der Waals surface area contributed by atoms with Crippen molar-refractivity contribution in [3.05, 3.63) is 35.4 Å². The van der Waals surface area contributed by atoms with Gasteiger partial charge in [0.25, 0.3) is 0 Å². The minimum Gasteiger partial charge on any atom is -0.465 e. The van der Waals surface area contributed by atoms with Crippen molar-refractivity contribution >= 4 is 5.97 Å². The Balaban J connectivity index is 1.64. The van der Waals surface area contributed by atoms with Gasteiger partial charge >= 0.3 is 5.97 Å². The molecule has 1 aromatic carbocycles. The second kappa shape index (κ2) is 10.5. The van der Waals surface area contributed by atoms with Crippen LogP contribution in [0.2, 0.25) is 0 Å². The minimum absolute atomic E-state index is 0.251. The third kappa shape index (κ3) is 6.30. The molecule has 2 nitrogen and oxygen atoms in total. The molecular weight excluding hydrogens is 296 g/mol. The van der Waals surface area contributed by atoms with Gasteiger partial charge in [-0.15, -0.1) is 0 Å². The van der Waals surface area contributed by atoms with Crippen molar-refractivity contribution in [1.82, 2.24) is 0 Å². The molecule has 1 saturated carbocycles. The SMILES string of the molecule is CCCCCC[C@H]1CC[C@H](CCc2ccc(C(=O)OC)cc2)CC1. The summed E-state index contributed by atoms with van der Waals surface area (Å²) in [6.45, 7) is 2.29. The van der Waals surface area contributed by atoms with Crippen LogP contribution in [0.1, 0.15) is 87.1 Å². The molecule has 0 aliphatic heterocycles. The van der Waals surface area contributed by atoms with Crippen molar-refractivity contribution in [2.45, 2.75) is 77.6 Å². The van der Waals surface area contributed by atoms with Gasteiger partial charge in [0.1, 0.15) is 0 Å². The van der Waals surface area contributed by atoms with Crippen LogP contribution in [-0.4, -0.2) is 13.1 Å². The van der Waals surface area contributed by atoms with Gasteiger partial charge in [-0.3, -0.25) is 0 Å². The number of rotatable bonds is 9. The summed E-state index contributed by atoms with van der Waals surface area (Å²) >= 11 is 0. The molecule has 0 atom stereocenters. The first kappa shape index (κ1) is 19.0. The van der Waals surface area contributed by atoms with E-state index in [4.69, 9.17) is 4.74 Å². The fourth-order valence-corrected chi connectivity index (χ4v) is 3.96. The van der Waals surface area contributed by atoms with Crippen LogP contribution in [0.15, 0.2) is 24.3 Å². The third-order valence-electron chi connectivity index (χ3n) is 5.65. The monoisotopic (exact) mass is 330 g/mol. The molecule has 0 aromatic heterocycles. The van der Waals surface area contributed by atoms with Crippen LogP contribution in [0.3, 0.4) is 0 Å². The number of esters is 1. The Morgan fingerprint density at radius 2 is 1.58 bits per heavy atom. The normalized spacial score (nSPS) is 20.8. The van der Waals surface area contributed by atoms with E-state index in [0.717, 1.165) is 18.3 Å². The number of ether oxygens (including phenoxy) is 1. The van der Waals surface area contributed by atoms with E-state index >= 15 is 0 Å². The topological polar surface area (TPSA) is 26.3 Å². The third-order valence-corrected chi connectivity index (χ3v) is 5.65. The molecule has 1 aromatic rings. The number of carbonyl (C=O) groups is 1. The molecule has 0 amide bonds. The van der Waals surface area contributed by atoms with Crippen LogP contribution in [0.4, 0.5) is 0 Å². The molecule has 2 heteroatoms. The average molecular weight is 331 g/mol. The molecule has 0 bridgehead atoms. The lowest BCUT2D eigenvalue weighted by Gasteiger charge is -2.28. The molecule has 0 radical (unpaired) electrons. The zero-order valence-electron chi connectivity index (χ0n) is 15.6. The number of carbonyl (C=O) groups excluding carboxylic acids is 1. The van der Waals surface area contributed by atoms with Crippen LogP contribution in [0.5, 0.6) is 0 Å². The molecule has 0 spiro atoms. The average Bonchev–Trinajstić information content (AvgIpc) is 2.64. The summed E-state index contributed by atoms with van der Waals surface area (Å²) in [6.07, 6.45) is 15.2. The van der Waals surface area contributed by atoms with Gasteiger partial charge in [0, 0.05) is 0 Å². The van der Waals surface area contributed by atoms with E-state index in [1.54, 1.807) is 0 Å². The number of methoxy groups -OCH3 is 1. The summed E-state index contributed by atoms with van der Waals surface area (Å²) in [7, 11) is 1.43. The molecule has 0 saturated heterocycles. The Labute approximate surface area is 148 Å². The lowest BCUT2D eigenvalue weighted by molar-refractivity contribution is 0.0600. The number of aryl methyl sites for hydroxylation is 1. The molecule has 0 heterocycles. The van der Waals surface area contributed by atoms with Crippen molar-refractivity contribution < 1.29 is 9.53 Å². The van der Waals surface area contributed by atoms with Gasteiger partial charge < -0.3 is 4.74 Å². The van der Waals surface area contributed by atoms with Gasteiger partial charge in [-0.2, -0.15) is 0 Å². The van der Waals surface area contributed by atoms with E-state index in [1.165, 1.54) is 76.9 Å². The molecule has 0 N–H and O–H groups in total. The lowest BCUT2D eigenvalue weighted by Crippen LogP contribution is -2.15. The van der Waals surface area contributed by atoms with E-state index in [0.29, 0.717) is 5.56 Å². The molecular formula is C22H34O2. The Bertz CT molecular complexity index is 469. The molecule has 0 unspecified atom stereocenters. The predicted octanol–water partition coefficient (Wildman–Crippen LogP) is 6.18. The van der Waals surface area contributed by atoms with Crippen molar-refractivity contribution in [2.24, 2.45) is 11.8 Å². The van der Waals surface area contributed by atoms with E-state index in [9.17, 15) is 4.79 Å². The number of hydrogen-bond donors (Lipinski definition) is 0. The van der Waals surface area contributed by atoms with E-state index in [1.807, 2.05) is 12.1 Å². The maximum absolute atomic E-state index is 11.4. The lowest BCUT2D eigenvalue weighted by atomic mass is 9.77. The molecule has 2 rings (SSSR count). The maximum atomic E-state index is 11.4. The zero-order chi connectivity index (χ0) is 17.2. The predicted molar refractivity (Wildman–Crippen MR) is 100 cm³/mol. The Hall–Kier alpha value is -1.31. The summed E-state index contributed by atoms with van der Waals surface area (Å²) in [5, 5.41) is 0. The van der Waals surface area contributed by atoms with Gasteiger partial charge in [0.05, 0.1) is 12.7 Å². The summed E-state index contributed by atoms with van der Waals surface area (Å²) in [6, 6.07) is 7.92. The van der Waals surface area contributed by atoms with Crippen molar-refractivity contribution in [1.29, 1.82) is 0 Å². The van der Waals surface area contributed by atoms with Gasteiger partial charge in [-0.05, 0) is 42.4 Å². The summed E-state index contributed by atoms with van der Waals surface area (Å²) in [5.41, 5.74) is 1.98. The highest BCUT2D eigenvalue weighted by molar-refractivity contribution is 5.89. The van der Waals surface area contributed by atoms with Gasteiger partial charge in [0.2, 0.25) is 0 Å². The number of unbranched alkanes of at least 4 members (excludes halogenated alkanes) is 3. The quantitative estimate of drug-likeness (QED) is 0.399. The first-order valence-electron chi connectivity index (χ1n) is 9.90. The number of hydrogen-bond acceptors (Lipinski definition) is 2. The van der Waals surface area contributed by atoms with Gasteiger partial charge in [0.15, 0.2) is 0 Å². The highest BCUT2D eigenvalue weighted by atomic mass is 16.5. The fourth-order valence-electron chi connectivity index (χ4n) is 3.96. The van der Waals surface area contributed by atoms with Crippen molar-refractivity contribution in [2.75, 3.05) is 7.11 Å². The molecule has 134 valence electrons. The van der Waals surface area contributed by atoms with Crippen LogP contribution in [0.25, 0.3) is 0 Å². The van der Waals surface area contributed by atoms with Gasteiger partial charge in [-0.1, -0.05) is 76.8 Å². The van der Waals surface area contributed by atoms with Crippen LogP contribution < -0.4 is 0 Å². The van der Waals surface area contributed by atoms with Crippen LogP contribution in [-0.2, 0) is 11.2 Å². The minimum atomic E-state index is -0.251. The van der Waals surface area contributed by atoms with Crippen molar-refractivity contribution in [3.8, 4) is 0 Å². The molecule has 1 fully saturated rings. The molecule has 24 heavy (non-hydrogen) atoms. The van der Waals surface area contributed by atoms with E-state index in [2.05, 4.69) is 19.1 Å². The second-order valence-corrected chi connectivity index (χ2v) is 7.46. The summed E-state index contributed by atoms with van der Waals surface area (Å²) in [4.78, 5) is 11.4. The highest BCUT2D eigenvalue weighted by Gasteiger charge is 2.20. The summed E-state index contributed by atoms with van der Waals surface area (Å²) in [5.74, 6) is 1.65. The van der Waals surface area contributed by atoms with Crippen molar-refractivity contribution in [3.63, 3.8) is 0 Å². The Kier molecular flexibility index (Phi) is 8.35. The van der Waals surface area contributed by atoms with Crippen LogP contribution >= 0.6 is 0 Å².